The number of hydrogen-bond acceptors (Lipinski definition) is 5. The molecule has 8 nitrogen and oxygen atoms in total. The van der Waals surface area contributed by atoms with Crippen LogP contribution in [0.2, 0.25) is 10.0 Å². The van der Waals surface area contributed by atoms with Crippen LogP contribution in [0.15, 0.2) is 54.7 Å². The number of carbonyl (C=O) groups excluding carboxylic acids is 2. The molecule has 2 aliphatic rings. The number of nitrogens with zero attached hydrogens (tertiary/aromatic N) is 6. The van der Waals surface area contributed by atoms with E-state index in [1.54, 1.807) is 4.90 Å². The molecule has 40 heavy (non-hydrogen) atoms. The average Bonchev–Trinajstić information content (AvgIpc) is 3.29. The van der Waals surface area contributed by atoms with Gasteiger partial charge in [0.15, 0.2) is 0 Å². The van der Waals surface area contributed by atoms with Crippen molar-refractivity contribution in [3.8, 4) is 0 Å². The highest BCUT2D eigenvalue weighted by Gasteiger charge is 2.22. The smallest absolute Gasteiger partial charge is 0.242 e. The number of aromatic nitrogens is 2. The highest BCUT2D eigenvalue weighted by Crippen LogP contribution is 2.21. The number of hydrogen-bond donors (Lipinski definition) is 0. The predicted molar refractivity (Wildman–Crippen MR) is 163 cm³/mol. The van der Waals surface area contributed by atoms with Gasteiger partial charge in [0.05, 0.1) is 5.69 Å². The van der Waals surface area contributed by atoms with Gasteiger partial charge in [-0.1, -0.05) is 23.2 Å². The summed E-state index contributed by atoms with van der Waals surface area (Å²) in [6, 6.07) is 15.6. The summed E-state index contributed by atoms with van der Waals surface area (Å²) in [7, 11) is 0. The third-order valence-electron chi connectivity index (χ3n) is 7.16. The van der Waals surface area contributed by atoms with Gasteiger partial charge in [-0.3, -0.25) is 9.59 Å². The van der Waals surface area contributed by atoms with Gasteiger partial charge >= 0.3 is 0 Å². The summed E-state index contributed by atoms with van der Waals surface area (Å²) in [5.74, 6) is 1.13. The second kappa shape index (κ2) is 14.1. The number of halogens is 3. The molecule has 5 rings (SSSR count). The van der Waals surface area contributed by atoms with E-state index in [-0.39, 0.29) is 17.7 Å². The number of alkyl halides is 1. The monoisotopic (exact) mass is 604 g/mol. The molecule has 0 bridgehead atoms. The second-order valence-electron chi connectivity index (χ2n) is 9.88. The summed E-state index contributed by atoms with van der Waals surface area (Å²) in [6.45, 7) is 10.6. The number of anilines is 2. The summed E-state index contributed by atoms with van der Waals surface area (Å²) >= 11 is 17.3. The average molecular weight is 606 g/mol. The lowest BCUT2D eigenvalue weighted by molar-refractivity contribution is -0.132. The zero-order valence-electron chi connectivity index (χ0n) is 22.9. The molecule has 0 saturated carbocycles. The zero-order valence-corrected chi connectivity index (χ0v) is 25.2. The number of amides is 2. The number of benzene rings is 2. The highest BCUT2D eigenvalue weighted by atomic mass is 35.5. The van der Waals surface area contributed by atoms with Crippen LogP contribution in [0.25, 0.3) is 0 Å². The van der Waals surface area contributed by atoms with Gasteiger partial charge in [0, 0.05) is 80.0 Å². The zero-order chi connectivity index (χ0) is 28.6. The number of rotatable bonds is 5. The number of imidazole rings is 1. The lowest BCUT2D eigenvalue weighted by Crippen LogP contribution is -2.49. The molecular formula is C29H35Cl3N6O2. The number of piperazine rings is 2. The van der Waals surface area contributed by atoms with Crippen molar-refractivity contribution in [1.82, 2.24) is 19.4 Å². The van der Waals surface area contributed by atoms with Gasteiger partial charge in [0.25, 0.3) is 0 Å². The topological polar surface area (TPSA) is 64.9 Å². The normalized spacial score (nSPS) is 15.5. The van der Waals surface area contributed by atoms with Crippen LogP contribution in [0.5, 0.6) is 0 Å². The fourth-order valence-electron chi connectivity index (χ4n) is 4.89. The van der Waals surface area contributed by atoms with Gasteiger partial charge in [-0.2, -0.15) is 0 Å². The van der Waals surface area contributed by atoms with Gasteiger partial charge in [0.1, 0.15) is 18.2 Å². The number of aryl methyl sites for hydroxylation is 2. The van der Waals surface area contributed by atoms with Crippen molar-refractivity contribution in [2.24, 2.45) is 0 Å². The van der Waals surface area contributed by atoms with E-state index in [1.807, 2.05) is 78.0 Å². The first-order chi connectivity index (χ1) is 19.2. The first kappa shape index (κ1) is 30.0. The van der Waals surface area contributed by atoms with Crippen molar-refractivity contribution < 1.29 is 9.59 Å². The Morgan fingerprint density at radius 2 is 1.12 bits per heavy atom. The lowest BCUT2D eigenvalue weighted by atomic mass is 10.2. The molecule has 0 atom stereocenters. The third-order valence-corrected chi connectivity index (χ3v) is 7.90. The molecule has 0 N–H and O–H groups in total. The lowest BCUT2D eigenvalue weighted by Gasteiger charge is -2.36. The van der Waals surface area contributed by atoms with Gasteiger partial charge in [-0.25, -0.2) is 4.98 Å². The van der Waals surface area contributed by atoms with Crippen LogP contribution in [0.4, 0.5) is 11.4 Å². The fourth-order valence-corrected chi connectivity index (χ4v) is 5.31. The summed E-state index contributed by atoms with van der Waals surface area (Å²) in [6.07, 6.45) is 1.93. The van der Waals surface area contributed by atoms with Gasteiger partial charge in [-0.15, -0.1) is 11.6 Å². The van der Waals surface area contributed by atoms with Crippen LogP contribution in [0.3, 0.4) is 0 Å². The van der Waals surface area contributed by atoms with E-state index in [0.29, 0.717) is 6.54 Å². The molecule has 2 aromatic carbocycles. The summed E-state index contributed by atoms with van der Waals surface area (Å²) in [5, 5.41) is 1.48. The van der Waals surface area contributed by atoms with Crippen LogP contribution in [-0.4, -0.2) is 89.4 Å². The molecule has 0 unspecified atom stereocenters. The van der Waals surface area contributed by atoms with Crippen LogP contribution in [0.1, 0.15) is 11.5 Å². The molecule has 2 aliphatic heterocycles. The Labute approximate surface area is 251 Å². The first-order valence-electron chi connectivity index (χ1n) is 13.4. The van der Waals surface area contributed by atoms with E-state index in [9.17, 15) is 9.59 Å². The Hall–Kier alpha value is -2.94. The second-order valence-corrected chi connectivity index (χ2v) is 11.0. The molecule has 2 amide bonds. The molecule has 3 heterocycles. The Morgan fingerprint density at radius 1 is 0.700 bits per heavy atom. The van der Waals surface area contributed by atoms with Crippen LogP contribution < -0.4 is 9.80 Å². The summed E-state index contributed by atoms with van der Waals surface area (Å²) < 4.78 is 1.92. The van der Waals surface area contributed by atoms with Crippen LogP contribution in [-0.2, 0) is 16.1 Å². The summed E-state index contributed by atoms with van der Waals surface area (Å²) in [5.41, 5.74) is 3.25. The standard InChI is InChI=1S/C17H21ClN4O.C12H14Cl2N2O/c1-13-11-22(14(2)19-13)12-17(23)21-9-7-20(8-10-21)16-5-3-15(18)4-6-16;13-9-12(17)16-7-5-15(6-8-16)11-3-1-10(14)2-4-11/h3-6,11H,7-10,12H2,1-2H3;1-4H,5-9H2. The maximum Gasteiger partial charge on any atom is 0.242 e. The van der Waals surface area contributed by atoms with Gasteiger partial charge in [-0.05, 0) is 62.4 Å². The minimum absolute atomic E-state index is 0.0161. The Balaban J connectivity index is 0.000000194. The fraction of sp³-hybridized carbons (Fsp3) is 0.414. The van der Waals surface area contributed by atoms with Crippen molar-refractivity contribution in [1.29, 1.82) is 0 Å². The van der Waals surface area contributed by atoms with E-state index in [2.05, 4.69) is 14.8 Å². The minimum atomic E-state index is 0.0161. The molecule has 1 aromatic heterocycles. The SMILES string of the molecule is Cc1cn(CC(=O)N2CCN(c3ccc(Cl)cc3)CC2)c(C)n1.O=C(CCl)N1CCN(c2ccc(Cl)cc2)CC1. The quantitative estimate of drug-likeness (QED) is 0.394. The first-order valence-corrected chi connectivity index (χ1v) is 14.7. The maximum absolute atomic E-state index is 12.5. The van der Waals surface area contributed by atoms with Crippen molar-refractivity contribution in [2.75, 3.05) is 68.0 Å². The molecule has 3 aromatic rings. The Bertz CT molecular complexity index is 1270. The predicted octanol–water partition coefficient (Wildman–Crippen LogP) is 4.73. The highest BCUT2D eigenvalue weighted by molar-refractivity contribution is 6.31. The van der Waals surface area contributed by atoms with E-state index < -0.39 is 0 Å². The largest absolute Gasteiger partial charge is 0.368 e. The van der Waals surface area contributed by atoms with Crippen molar-refractivity contribution >= 4 is 58.0 Å². The summed E-state index contributed by atoms with van der Waals surface area (Å²) in [4.78, 5) is 36.5. The van der Waals surface area contributed by atoms with Gasteiger partial charge < -0.3 is 24.2 Å². The molecule has 11 heteroatoms. The van der Waals surface area contributed by atoms with Crippen molar-refractivity contribution in [3.63, 3.8) is 0 Å². The van der Waals surface area contributed by atoms with Crippen LogP contribution in [0, 0.1) is 13.8 Å². The van der Waals surface area contributed by atoms with Gasteiger partial charge in [0.2, 0.25) is 11.8 Å². The maximum atomic E-state index is 12.5. The molecule has 2 fully saturated rings. The molecule has 0 aliphatic carbocycles. The molecule has 2 saturated heterocycles. The minimum Gasteiger partial charge on any atom is -0.368 e. The molecular weight excluding hydrogens is 571 g/mol. The Kier molecular flexibility index (Phi) is 10.6. The third kappa shape index (κ3) is 8.05. The molecule has 0 spiro atoms. The number of carbonyl (C=O) groups is 2. The van der Waals surface area contributed by atoms with Crippen molar-refractivity contribution in [3.05, 3.63) is 76.3 Å². The van der Waals surface area contributed by atoms with E-state index >= 15 is 0 Å². The van der Waals surface area contributed by atoms with Crippen molar-refractivity contribution in [2.45, 2.75) is 20.4 Å². The van der Waals surface area contributed by atoms with E-state index in [1.165, 1.54) is 0 Å². The van der Waals surface area contributed by atoms with E-state index in [0.717, 1.165) is 85.3 Å². The molecule has 214 valence electrons. The Morgan fingerprint density at radius 3 is 1.50 bits per heavy atom. The van der Waals surface area contributed by atoms with Crippen LogP contribution >= 0.6 is 34.8 Å². The van der Waals surface area contributed by atoms with E-state index in [4.69, 9.17) is 34.8 Å². The molecule has 0 radical (unpaired) electrons.